The van der Waals surface area contributed by atoms with Gasteiger partial charge in [0.25, 0.3) is 0 Å². The fourth-order valence-electron chi connectivity index (χ4n) is 2.36. The van der Waals surface area contributed by atoms with E-state index in [4.69, 9.17) is 0 Å². The molecule has 1 unspecified atom stereocenters. The molecule has 0 amide bonds. The maximum atomic E-state index is 12.5. The van der Waals surface area contributed by atoms with E-state index >= 15 is 0 Å². The van der Waals surface area contributed by atoms with Crippen LogP contribution in [0.2, 0.25) is 0 Å². The summed E-state index contributed by atoms with van der Waals surface area (Å²) in [6.07, 6.45) is 3.64. The molecule has 0 saturated heterocycles. The third-order valence-corrected chi connectivity index (χ3v) is 3.88. The van der Waals surface area contributed by atoms with Crippen LogP contribution in [0.3, 0.4) is 0 Å². The van der Waals surface area contributed by atoms with E-state index in [1.54, 1.807) is 0 Å². The largest absolute Gasteiger partial charge is 0.294 e. The quantitative estimate of drug-likeness (QED) is 0.543. The highest BCUT2D eigenvalue weighted by atomic mass is 16.1. The van der Waals surface area contributed by atoms with Crippen LogP contribution in [0, 0.1) is 5.92 Å². The Morgan fingerprint density at radius 2 is 1.73 bits per heavy atom. The molecule has 0 aliphatic carbocycles. The molecular weight excluding hydrogens is 270 g/mol. The van der Waals surface area contributed by atoms with Crippen molar-refractivity contribution in [2.75, 3.05) is 6.54 Å². The number of rotatable bonds is 7. The van der Waals surface area contributed by atoms with Gasteiger partial charge in [0.1, 0.15) is 0 Å². The van der Waals surface area contributed by atoms with Gasteiger partial charge in [-0.3, -0.25) is 9.79 Å². The van der Waals surface area contributed by atoms with Gasteiger partial charge in [-0.25, -0.2) is 0 Å². The van der Waals surface area contributed by atoms with E-state index in [9.17, 15) is 4.79 Å². The number of benzene rings is 2. The SMILES string of the molecule is CCc1ccc(C(=O)C(CC)CN=Cc2ccccc2)cc1. The van der Waals surface area contributed by atoms with Gasteiger partial charge >= 0.3 is 0 Å². The Kier molecular flexibility index (Phi) is 6.08. The van der Waals surface area contributed by atoms with Gasteiger partial charge in [0.2, 0.25) is 0 Å². The van der Waals surface area contributed by atoms with Gasteiger partial charge in [-0.1, -0.05) is 68.4 Å². The molecule has 0 radical (unpaired) electrons. The van der Waals surface area contributed by atoms with Gasteiger partial charge in [0.05, 0.1) is 0 Å². The third-order valence-electron chi connectivity index (χ3n) is 3.88. The van der Waals surface area contributed by atoms with Gasteiger partial charge in [-0.15, -0.1) is 0 Å². The van der Waals surface area contributed by atoms with Crippen molar-refractivity contribution in [1.82, 2.24) is 0 Å². The lowest BCUT2D eigenvalue weighted by molar-refractivity contribution is 0.0921. The van der Waals surface area contributed by atoms with Crippen molar-refractivity contribution in [1.29, 1.82) is 0 Å². The maximum absolute atomic E-state index is 12.5. The number of aryl methyl sites for hydroxylation is 1. The molecule has 0 bridgehead atoms. The normalized spacial score (nSPS) is 12.5. The van der Waals surface area contributed by atoms with Crippen LogP contribution in [0.25, 0.3) is 0 Å². The number of hydrogen-bond donors (Lipinski definition) is 0. The van der Waals surface area contributed by atoms with E-state index in [2.05, 4.69) is 11.9 Å². The van der Waals surface area contributed by atoms with Crippen molar-refractivity contribution in [3.05, 3.63) is 71.3 Å². The van der Waals surface area contributed by atoms with Crippen molar-refractivity contribution >= 4 is 12.0 Å². The summed E-state index contributed by atoms with van der Waals surface area (Å²) in [7, 11) is 0. The number of ketones is 1. The molecule has 114 valence electrons. The lowest BCUT2D eigenvalue weighted by Crippen LogP contribution is -2.17. The Hall–Kier alpha value is -2.22. The van der Waals surface area contributed by atoms with E-state index in [1.165, 1.54) is 5.56 Å². The smallest absolute Gasteiger partial charge is 0.167 e. The minimum absolute atomic E-state index is 0.0487. The number of carbonyl (C=O) groups is 1. The Morgan fingerprint density at radius 1 is 1.05 bits per heavy atom. The second kappa shape index (κ2) is 8.28. The van der Waals surface area contributed by atoms with E-state index in [-0.39, 0.29) is 11.7 Å². The van der Waals surface area contributed by atoms with E-state index in [1.807, 2.05) is 67.7 Å². The molecule has 1 atom stereocenters. The number of aliphatic imine (C=N–C) groups is 1. The molecule has 0 fully saturated rings. The highest BCUT2D eigenvalue weighted by Crippen LogP contribution is 2.14. The molecule has 22 heavy (non-hydrogen) atoms. The standard InChI is InChI=1S/C20H23NO/c1-3-16-10-12-19(13-11-16)20(22)18(4-2)15-21-14-17-8-6-5-7-9-17/h5-14,18H,3-4,15H2,1-2H3. The van der Waals surface area contributed by atoms with Crippen molar-refractivity contribution in [3.8, 4) is 0 Å². The molecule has 0 heterocycles. The molecule has 2 aromatic carbocycles. The van der Waals surface area contributed by atoms with Gasteiger partial charge in [0.15, 0.2) is 5.78 Å². The molecular formula is C20H23NO. The summed E-state index contributed by atoms with van der Waals surface area (Å²) in [4.78, 5) is 17.0. The summed E-state index contributed by atoms with van der Waals surface area (Å²) in [5.41, 5.74) is 3.11. The highest BCUT2D eigenvalue weighted by Gasteiger charge is 2.17. The van der Waals surface area contributed by atoms with E-state index in [0.29, 0.717) is 6.54 Å². The predicted molar refractivity (Wildman–Crippen MR) is 92.8 cm³/mol. The van der Waals surface area contributed by atoms with Gasteiger partial charge in [-0.05, 0) is 24.0 Å². The average Bonchev–Trinajstić information content (AvgIpc) is 2.59. The molecule has 2 heteroatoms. The van der Waals surface area contributed by atoms with E-state index in [0.717, 1.165) is 24.0 Å². The summed E-state index contributed by atoms with van der Waals surface area (Å²) in [6, 6.07) is 17.9. The first-order valence-electron chi connectivity index (χ1n) is 7.92. The fourth-order valence-corrected chi connectivity index (χ4v) is 2.36. The van der Waals surface area contributed by atoms with Gasteiger partial charge in [0, 0.05) is 24.2 Å². The van der Waals surface area contributed by atoms with Crippen LogP contribution < -0.4 is 0 Å². The first-order valence-corrected chi connectivity index (χ1v) is 7.92. The molecule has 0 N–H and O–H groups in total. The van der Waals surface area contributed by atoms with Crippen molar-refractivity contribution in [2.24, 2.45) is 10.9 Å². The highest BCUT2D eigenvalue weighted by molar-refractivity contribution is 5.98. The summed E-state index contributed by atoms with van der Waals surface area (Å²) in [5, 5.41) is 0. The molecule has 2 nitrogen and oxygen atoms in total. The van der Waals surface area contributed by atoms with Crippen LogP contribution in [0.5, 0.6) is 0 Å². The van der Waals surface area contributed by atoms with Gasteiger partial charge < -0.3 is 0 Å². The fraction of sp³-hybridized carbons (Fsp3) is 0.300. The Labute approximate surface area is 132 Å². The van der Waals surface area contributed by atoms with Gasteiger partial charge in [-0.2, -0.15) is 0 Å². The van der Waals surface area contributed by atoms with Crippen LogP contribution in [0.4, 0.5) is 0 Å². The molecule has 2 aromatic rings. The van der Waals surface area contributed by atoms with E-state index < -0.39 is 0 Å². The van der Waals surface area contributed by atoms with Crippen LogP contribution in [-0.4, -0.2) is 18.5 Å². The summed E-state index contributed by atoms with van der Waals surface area (Å²) in [6.45, 7) is 4.70. The Bertz CT molecular complexity index is 614. The number of hydrogen-bond acceptors (Lipinski definition) is 2. The van der Waals surface area contributed by atoms with Crippen molar-refractivity contribution in [3.63, 3.8) is 0 Å². The summed E-state index contributed by atoms with van der Waals surface area (Å²) < 4.78 is 0. The summed E-state index contributed by atoms with van der Waals surface area (Å²) in [5.74, 6) is 0.141. The zero-order chi connectivity index (χ0) is 15.8. The monoisotopic (exact) mass is 293 g/mol. The van der Waals surface area contributed by atoms with Crippen LogP contribution in [0.15, 0.2) is 59.6 Å². The number of nitrogens with zero attached hydrogens (tertiary/aromatic N) is 1. The topological polar surface area (TPSA) is 29.4 Å². The first kappa shape index (κ1) is 16.2. The second-order valence-electron chi connectivity index (χ2n) is 5.42. The Balaban J connectivity index is 2.00. The Morgan fingerprint density at radius 3 is 2.32 bits per heavy atom. The minimum Gasteiger partial charge on any atom is -0.294 e. The zero-order valence-electron chi connectivity index (χ0n) is 13.3. The lowest BCUT2D eigenvalue weighted by atomic mass is 9.94. The molecule has 0 spiro atoms. The second-order valence-corrected chi connectivity index (χ2v) is 5.42. The maximum Gasteiger partial charge on any atom is 0.167 e. The molecule has 0 saturated carbocycles. The molecule has 2 rings (SSSR count). The first-order chi connectivity index (χ1) is 10.7. The van der Waals surface area contributed by atoms with Crippen molar-refractivity contribution < 1.29 is 4.79 Å². The lowest BCUT2D eigenvalue weighted by Gasteiger charge is -2.11. The van der Waals surface area contributed by atoms with Crippen molar-refractivity contribution in [2.45, 2.75) is 26.7 Å². The molecule has 0 aliphatic rings. The summed E-state index contributed by atoms with van der Waals surface area (Å²) >= 11 is 0. The number of carbonyl (C=O) groups excluding carboxylic acids is 1. The number of Topliss-reactive ketones (excluding diaryl/α,β-unsaturated/α-hetero) is 1. The van der Waals surface area contributed by atoms with Crippen LogP contribution in [-0.2, 0) is 6.42 Å². The third kappa shape index (κ3) is 4.39. The zero-order valence-corrected chi connectivity index (χ0v) is 13.3. The predicted octanol–water partition coefficient (Wildman–Crippen LogP) is 4.58. The molecule has 0 aliphatic heterocycles. The van der Waals surface area contributed by atoms with Crippen LogP contribution in [0.1, 0.15) is 41.8 Å². The average molecular weight is 293 g/mol. The molecule has 0 aromatic heterocycles. The minimum atomic E-state index is -0.0487. The van der Waals surface area contributed by atoms with Crippen LogP contribution >= 0.6 is 0 Å².